The average Bonchev–Trinajstić information content (AvgIpc) is 2.73. The van der Waals surface area contributed by atoms with Gasteiger partial charge in [0.1, 0.15) is 23.9 Å². The van der Waals surface area contributed by atoms with Crippen LogP contribution < -0.4 is 27.4 Å². The van der Waals surface area contributed by atoms with Crippen molar-refractivity contribution < 1.29 is 44.1 Å². The average molecular weight is 481 g/mol. The standard InChI is InChI=1S/C20H27N5O9/c1-9(23-18(31)12(21)7-15(22)27)17(30)24-13(6-10-2-4-11(26)5-3-10)19(32)25-14(20(33)34)8-16(28)29/h2-5,9,12-14,26H,6-8,21H2,1H3,(H2,22,27)(H,23,31)(H,24,30)(H,25,32)(H,28,29)(H,33,34). The Balaban J connectivity index is 2.99. The molecular formula is C20H27N5O9. The predicted molar refractivity (Wildman–Crippen MR) is 115 cm³/mol. The maximum Gasteiger partial charge on any atom is 0.326 e. The van der Waals surface area contributed by atoms with Crippen LogP contribution in [0.2, 0.25) is 0 Å². The van der Waals surface area contributed by atoms with E-state index in [0.717, 1.165) is 0 Å². The first-order valence-corrected chi connectivity index (χ1v) is 9.97. The Morgan fingerprint density at radius 1 is 0.853 bits per heavy atom. The Morgan fingerprint density at radius 3 is 1.91 bits per heavy atom. The van der Waals surface area contributed by atoms with Gasteiger partial charge in [-0.1, -0.05) is 12.1 Å². The summed E-state index contributed by atoms with van der Waals surface area (Å²) in [5, 5.41) is 34.1. The highest BCUT2D eigenvalue weighted by molar-refractivity contribution is 5.95. The number of benzene rings is 1. The molecule has 1 rings (SSSR count). The third-order valence-corrected chi connectivity index (χ3v) is 4.51. The predicted octanol–water partition coefficient (Wildman–Crippen LogP) is -2.83. The van der Waals surface area contributed by atoms with Crippen molar-refractivity contribution >= 4 is 35.6 Å². The van der Waals surface area contributed by atoms with E-state index >= 15 is 0 Å². The van der Waals surface area contributed by atoms with Gasteiger partial charge in [-0.05, 0) is 24.6 Å². The first kappa shape index (κ1) is 27.8. The van der Waals surface area contributed by atoms with Crippen LogP contribution in [0.5, 0.6) is 5.75 Å². The number of aromatic hydroxyl groups is 1. The summed E-state index contributed by atoms with van der Waals surface area (Å²) in [5.41, 5.74) is 11.0. The molecule has 0 spiro atoms. The number of phenols is 1. The smallest absolute Gasteiger partial charge is 0.326 e. The van der Waals surface area contributed by atoms with Crippen LogP contribution in [0.4, 0.5) is 0 Å². The van der Waals surface area contributed by atoms with Crippen LogP contribution in [0.3, 0.4) is 0 Å². The Hall–Kier alpha value is -4.20. The van der Waals surface area contributed by atoms with Crippen molar-refractivity contribution in [1.82, 2.24) is 16.0 Å². The summed E-state index contributed by atoms with van der Waals surface area (Å²) >= 11 is 0. The van der Waals surface area contributed by atoms with Crippen molar-refractivity contribution in [1.29, 1.82) is 0 Å². The van der Waals surface area contributed by atoms with Crippen LogP contribution in [0.1, 0.15) is 25.3 Å². The lowest BCUT2D eigenvalue weighted by atomic mass is 10.0. The Kier molecular flexibility index (Phi) is 10.4. The van der Waals surface area contributed by atoms with Crippen molar-refractivity contribution in [3.8, 4) is 5.75 Å². The van der Waals surface area contributed by atoms with Gasteiger partial charge in [-0.2, -0.15) is 0 Å². The highest BCUT2D eigenvalue weighted by Crippen LogP contribution is 2.12. The van der Waals surface area contributed by atoms with E-state index in [9.17, 15) is 39.0 Å². The third kappa shape index (κ3) is 9.52. The van der Waals surface area contributed by atoms with Gasteiger partial charge in [0.15, 0.2) is 0 Å². The lowest BCUT2D eigenvalue weighted by Crippen LogP contribution is -2.57. The molecule has 34 heavy (non-hydrogen) atoms. The van der Waals surface area contributed by atoms with Gasteiger partial charge in [-0.3, -0.25) is 24.0 Å². The monoisotopic (exact) mass is 481 g/mol. The van der Waals surface area contributed by atoms with E-state index in [2.05, 4.69) is 16.0 Å². The topological polar surface area (TPSA) is 251 Å². The summed E-state index contributed by atoms with van der Waals surface area (Å²) in [6, 6.07) is -0.0469. The van der Waals surface area contributed by atoms with Gasteiger partial charge in [0, 0.05) is 6.42 Å². The van der Waals surface area contributed by atoms with Gasteiger partial charge in [0.2, 0.25) is 23.6 Å². The van der Waals surface area contributed by atoms with Gasteiger partial charge in [0.05, 0.1) is 18.9 Å². The minimum atomic E-state index is -1.76. The van der Waals surface area contributed by atoms with Crippen molar-refractivity contribution in [2.75, 3.05) is 0 Å². The number of hydrogen-bond acceptors (Lipinski definition) is 8. The van der Waals surface area contributed by atoms with E-state index in [1.807, 2.05) is 0 Å². The molecule has 0 radical (unpaired) electrons. The summed E-state index contributed by atoms with van der Waals surface area (Å²) in [7, 11) is 0. The van der Waals surface area contributed by atoms with Gasteiger partial charge < -0.3 is 42.7 Å². The van der Waals surface area contributed by atoms with Crippen molar-refractivity contribution in [3.63, 3.8) is 0 Å². The molecule has 10 N–H and O–H groups in total. The zero-order valence-electron chi connectivity index (χ0n) is 18.2. The normalized spacial score (nSPS) is 14.1. The van der Waals surface area contributed by atoms with Crippen molar-refractivity contribution in [2.24, 2.45) is 11.5 Å². The molecule has 0 aliphatic heterocycles. The number of nitrogens with one attached hydrogen (secondary N) is 3. The third-order valence-electron chi connectivity index (χ3n) is 4.51. The fraction of sp³-hybridized carbons (Fsp3) is 0.400. The van der Waals surface area contributed by atoms with Crippen LogP contribution in [0.15, 0.2) is 24.3 Å². The summed E-state index contributed by atoms with van der Waals surface area (Å²) in [6.07, 6.45) is -1.50. The van der Waals surface area contributed by atoms with Crippen LogP contribution in [0, 0.1) is 0 Å². The fourth-order valence-electron chi connectivity index (χ4n) is 2.72. The van der Waals surface area contributed by atoms with Crippen LogP contribution in [-0.2, 0) is 35.2 Å². The molecule has 1 aromatic rings. The number of primary amides is 1. The quantitative estimate of drug-likeness (QED) is 0.143. The molecule has 14 heteroatoms. The first-order chi connectivity index (χ1) is 15.8. The molecule has 186 valence electrons. The van der Waals surface area contributed by atoms with Crippen molar-refractivity contribution in [3.05, 3.63) is 29.8 Å². The van der Waals surface area contributed by atoms with E-state index in [0.29, 0.717) is 5.56 Å². The van der Waals surface area contributed by atoms with E-state index in [1.165, 1.54) is 31.2 Å². The van der Waals surface area contributed by atoms with Crippen molar-refractivity contribution in [2.45, 2.75) is 50.4 Å². The number of carboxylic acid groups (broad SMARTS) is 2. The van der Waals surface area contributed by atoms with Gasteiger partial charge in [-0.15, -0.1) is 0 Å². The zero-order valence-corrected chi connectivity index (χ0v) is 18.2. The molecule has 14 nitrogen and oxygen atoms in total. The molecule has 0 heterocycles. The summed E-state index contributed by atoms with van der Waals surface area (Å²) in [6.45, 7) is 1.28. The highest BCUT2D eigenvalue weighted by atomic mass is 16.4. The second kappa shape index (κ2) is 12.7. The number of carbonyl (C=O) groups is 6. The van der Waals surface area contributed by atoms with E-state index in [1.54, 1.807) is 0 Å². The molecular weight excluding hydrogens is 454 g/mol. The van der Waals surface area contributed by atoms with Gasteiger partial charge in [0.25, 0.3) is 0 Å². The minimum absolute atomic E-state index is 0.0511. The number of hydrogen-bond donors (Lipinski definition) is 8. The number of phenolic OH excluding ortho intramolecular Hbond substituents is 1. The van der Waals surface area contributed by atoms with E-state index in [-0.39, 0.29) is 12.2 Å². The molecule has 0 aliphatic carbocycles. The second-order valence-electron chi connectivity index (χ2n) is 7.44. The Bertz CT molecular complexity index is 935. The molecule has 1 aromatic carbocycles. The van der Waals surface area contributed by atoms with E-state index < -0.39 is 72.6 Å². The maximum atomic E-state index is 12.7. The fourth-order valence-corrected chi connectivity index (χ4v) is 2.72. The molecule has 0 bridgehead atoms. The molecule has 0 fully saturated rings. The Labute approximate surface area is 193 Å². The zero-order chi connectivity index (χ0) is 26.0. The van der Waals surface area contributed by atoms with Gasteiger partial charge in [-0.25, -0.2) is 4.79 Å². The number of carboxylic acids is 2. The number of carbonyl (C=O) groups excluding carboxylic acids is 4. The van der Waals surface area contributed by atoms with Crippen LogP contribution in [-0.4, -0.2) is 75.1 Å². The highest BCUT2D eigenvalue weighted by Gasteiger charge is 2.30. The number of rotatable bonds is 13. The molecule has 4 atom stereocenters. The molecule has 0 saturated heterocycles. The second-order valence-corrected chi connectivity index (χ2v) is 7.44. The molecule has 0 aliphatic rings. The summed E-state index contributed by atoms with van der Waals surface area (Å²) < 4.78 is 0. The number of amides is 4. The van der Waals surface area contributed by atoms with Crippen LogP contribution in [0.25, 0.3) is 0 Å². The van der Waals surface area contributed by atoms with E-state index in [4.69, 9.17) is 16.6 Å². The number of aliphatic carboxylic acids is 2. The minimum Gasteiger partial charge on any atom is -0.508 e. The number of nitrogens with two attached hydrogens (primary N) is 2. The SMILES string of the molecule is CC(NC(=O)C(N)CC(N)=O)C(=O)NC(Cc1ccc(O)cc1)C(=O)NC(CC(=O)O)C(=O)O. The first-order valence-electron chi connectivity index (χ1n) is 9.97. The lowest BCUT2D eigenvalue weighted by molar-refractivity contribution is -0.147. The van der Waals surface area contributed by atoms with Crippen LogP contribution >= 0.6 is 0 Å². The summed E-state index contributed by atoms with van der Waals surface area (Å²) in [4.78, 5) is 70.4. The molecule has 4 unspecified atom stereocenters. The van der Waals surface area contributed by atoms with Gasteiger partial charge >= 0.3 is 11.9 Å². The largest absolute Gasteiger partial charge is 0.508 e. The molecule has 0 aromatic heterocycles. The lowest BCUT2D eigenvalue weighted by Gasteiger charge is -2.23. The Morgan fingerprint density at radius 2 is 1.41 bits per heavy atom. The molecule has 0 saturated carbocycles. The molecule has 4 amide bonds. The maximum absolute atomic E-state index is 12.7. The summed E-state index contributed by atoms with van der Waals surface area (Å²) in [5.74, 6) is -6.59.